The van der Waals surface area contributed by atoms with Gasteiger partial charge in [0.25, 0.3) is 0 Å². The van der Waals surface area contributed by atoms with Crippen LogP contribution in [0.15, 0.2) is 35.7 Å². The summed E-state index contributed by atoms with van der Waals surface area (Å²) in [6.07, 6.45) is 4.25. The van der Waals surface area contributed by atoms with Gasteiger partial charge in [0.15, 0.2) is 0 Å². The summed E-state index contributed by atoms with van der Waals surface area (Å²) in [5.74, 6) is 0.0119. The van der Waals surface area contributed by atoms with E-state index in [0.717, 1.165) is 18.5 Å². The van der Waals surface area contributed by atoms with Gasteiger partial charge in [0.05, 0.1) is 0 Å². The molecule has 108 valence electrons. The number of carbonyl (C=O) groups excluding carboxylic acids is 1. The molecule has 0 saturated heterocycles. The normalized spacial score (nSPS) is 14.5. The molecule has 3 rings (SSSR count). The molecule has 21 heavy (non-hydrogen) atoms. The highest BCUT2D eigenvalue weighted by Gasteiger charge is 2.19. The fourth-order valence-electron chi connectivity index (χ4n) is 2.34. The predicted octanol–water partition coefficient (Wildman–Crippen LogP) is 4.65. The lowest BCUT2D eigenvalue weighted by atomic mass is 10.1. The molecule has 0 N–H and O–H groups in total. The number of carbonyl (C=O) groups is 1. The molecule has 1 aliphatic heterocycles. The van der Waals surface area contributed by atoms with Crippen LogP contribution in [0, 0.1) is 0 Å². The van der Waals surface area contributed by atoms with Crippen LogP contribution in [-0.2, 0) is 17.8 Å². The molecular weight excluding hydrogens is 325 g/mol. The number of fused-ring (bicyclic) bond motifs is 1. The Morgan fingerprint density at radius 1 is 1.29 bits per heavy atom. The van der Waals surface area contributed by atoms with Crippen molar-refractivity contribution in [1.82, 2.24) is 4.90 Å². The topological polar surface area (TPSA) is 20.3 Å². The number of amides is 1. The van der Waals surface area contributed by atoms with Crippen molar-refractivity contribution in [2.75, 3.05) is 6.54 Å². The number of hydrogen-bond acceptors (Lipinski definition) is 2. The second-order valence-corrected chi connectivity index (χ2v) is 6.72. The van der Waals surface area contributed by atoms with Crippen LogP contribution in [0.25, 0.3) is 6.08 Å². The quantitative estimate of drug-likeness (QED) is 0.730. The number of thiophene rings is 1. The van der Waals surface area contributed by atoms with E-state index in [1.54, 1.807) is 35.6 Å². The zero-order valence-electron chi connectivity index (χ0n) is 11.2. The monoisotopic (exact) mass is 337 g/mol. The fraction of sp³-hybridized carbons (Fsp3) is 0.188. The van der Waals surface area contributed by atoms with E-state index in [-0.39, 0.29) is 5.91 Å². The third-order valence-corrected chi connectivity index (χ3v) is 5.07. The third-order valence-electron chi connectivity index (χ3n) is 3.49. The van der Waals surface area contributed by atoms with Crippen molar-refractivity contribution in [2.24, 2.45) is 0 Å². The molecular formula is C16H13Cl2NOS. The van der Waals surface area contributed by atoms with Crippen LogP contribution < -0.4 is 0 Å². The Bertz CT molecular complexity index is 708. The van der Waals surface area contributed by atoms with E-state index in [0.29, 0.717) is 16.6 Å². The first-order valence-electron chi connectivity index (χ1n) is 6.61. The van der Waals surface area contributed by atoms with E-state index in [4.69, 9.17) is 23.2 Å². The zero-order chi connectivity index (χ0) is 14.8. The van der Waals surface area contributed by atoms with E-state index in [1.165, 1.54) is 10.4 Å². The van der Waals surface area contributed by atoms with Crippen molar-refractivity contribution >= 4 is 46.5 Å². The Morgan fingerprint density at radius 2 is 2.14 bits per heavy atom. The van der Waals surface area contributed by atoms with Crippen molar-refractivity contribution < 1.29 is 4.79 Å². The molecule has 1 amide bonds. The maximum absolute atomic E-state index is 12.3. The second kappa shape index (κ2) is 6.22. The Labute approximate surface area is 137 Å². The average Bonchev–Trinajstić information content (AvgIpc) is 2.93. The molecule has 2 nitrogen and oxygen atoms in total. The van der Waals surface area contributed by atoms with E-state index in [9.17, 15) is 4.79 Å². The summed E-state index contributed by atoms with van der Waals surface area (Å²) in [5, 5.41) is 3.22. The van der Waals surface area contributed by atoms with Gasteiger partial charge in [-0.3, -0.25) is 4.79 Å². The van der Waals surface area contributed by atoms with E-state index in [2.05, 4.69) is 11.4 Å². The summed E-state index contributed by atoms with van der Waals surface area (Å²) in [4.78, 5) is 15.5. The van der Waals surface area contributed by atoms with E-state index >= 15 is 0 Å². The summed E-state index contributed by atoms with van der Waals surface area (Å²) in [6, 6.07) is 7.34. The maximum Gasteiger partial charge on any atom is 0.246 e. The highest BCUT2D eigenvalue weighted by atomic mass is 35.5. The first-order valence-corrected chi connectivity index (χ1v) is 8.24. The van der Waals surface area contributed by atoms with Gasteiger partial charge >= 0.3 is 0 Å². The van der Waals surface area contributed by atoms with Gasteiger partial charge in [0, 0.05) is 34.1 Å². The zero-order valence-corrected chi connectivity index (χ0v) is 13.5. The van der Waals surface area contributed by atoms with Gasteiger partial charge in [-0.25, -0.2) is 0 Å². The molecule has 0 atom stereocenters. The first kappa shape index (κ1) is 14.6. The summed E-state index contributed by atoms with van der Waals surface area (Å²) in [7, 11) is 0. The molecule has 1 aliphatic rings. The standard InChI is InChI=1S/C16H13Cl2NOS/c17-13-3-1-11(14(18)9-13)2-4-16(20)19-7-5-15-12(10-19)6-8-21-15/h1-4,6,8-9H,5,7,10H2/b4-2+. The molecule has 2 heterocycles. The lowest BCUT2D eigenvalue weighted by molar-refractivity contribution is -0.126. The van der Waals surface area contributed by atoms with Crippen LogP contribution in [-0.4, -0.2) is 17.4 Å². The molecule has 1 aromatic carbocycles. The molecule has 0 unspecified atom stereocenters. The van der Waals surface area contributed by atoms with Crippen LogP contribution >= 0.6 is 34.5 Å². The van der Waals surface area contributed by atoms with Gasteiger partial charge < -0.3 is 4.90 Å². The summed E-state index contributed by atoms with van der Waals surface area (Å²) in [6.45, 7) is 1.46. The Kier molecular flexibility index (Phi) is 4.34. The Hall–Kier alpha value is -1.29. The van der Waals surface area contributed by atoms with Crippen LogP contribution in [0.1, 0.15) is 16.0 Å². The number of benzene rings is 1. The maximum atomic E-state index is 12.3. The number of nitrogens with zero attached hydrogens (tertiary/aromatic N) is 1. The summed E-state index contributed by atoms with van der Waals surface area (Å²) < 4.78 is 0. The van der Waals surface area contributed by atoms with Crippen molar-refractivity contribution in [1.29, 1.82) is 0 Å². The summed E-state index contributed by atoms with van der Waals surface area (Å²) >= 11 is 13.7. The van der Waals surface area contributed by atoms with Crippen molar-refractivity contribution in [2.45, 2.75) is 13.0 Å². The molecule has 0 aliphatic carbocycles. The molecule has 0 saturated carbocycles. The molecule has 0 radical (unpaired) electrons. The predicted molar refractivity (Wildman–Crippen MR) is 88.9 cm³/mol. The largest absolute Gasteiger partial charge is 0.334 e. The van der Waals surface area contributed by atoms with Crippen molar-refractivity contribution in [3.8, 4) is 0 Å². The van der Waals surface area contributed by atoms with Crippen molar-refractivity contribution in [3.05, 3.63) is 61.8 Å². The number of halogens is 2. The van der Waals surface area contributed by atoms with Crippen LogP contribution in [0.2, 0.25) is 10.0 Å². The minimum absolute atomic E-state index is 0.0119. The highest BCUT2D eigenvalue weighted by Crippen LogP contribution is 2.25. The molecule has 5 heteroatoms. The third kappa shape index (κ3) is 3.31. The van der Waals surface area contributed by atoms with Gasteiger partial charge in [-0.15, -0.1) is 11.3 Å². The van der Waals surface area contributed by atoms with Gasteiger partial charge in [0.2, 0.25) is 5.91 Å². The minimum atomic E-state index is 0.0119. The highest BCUT2D eigenvalue weighted by molar-refractivity contribution is 7.10. The minimum Gasteiger partial charge on any atom is -0.334 e. The molecule has 2 aromatic rings. The average molecular weight is 338 g/mol. The summed E-state index contributed by atoms with van der Waals surface area (Å²) in [5.41, 5.74) is 2.06. The van der Waals surface area contributed by atoms with Gasteiger partial charge in [-0.2, -0.15) is 0 Å². The molecule has 1 aromatic heterocycles. The second-order valence-electron chi connectivity index (χ2n) is 4.88. The lowest BCUT2D eigenvalue weighted by Gasteiger charge is -2.25. The van der Waals surface area contributed by atoms with Crippen LogP contribution in [0.4, 0.5) is 0 Å². The molecule has 0 fully saturated rings. The van der Waals surface area contributed by atoms with Crippen LogP contribution in [0.3, 0.4) is 0 Å². The first-order chi connectivity index (χ1) is 10.1. The SMILES string of the molecule is O=C(/C=C/c1ccc(Cl)cc1Cl)N1CCc2sccc2C1. The molecule has 0 bridgehead atoms. The van der Waals surface area contributed by atoms with E-state index < -0.39 is 0 Å². The lowest BCUT2D eigenvalue weighted by Crippen LogP contribution is -2.34. The number of hydrogen-bond donors (Lipinski definition) is 0. The van der Waals surface area contributed by atoms with Gasteiger partial charge in [0.1, 0.15) is 0 Å². The van der Waals surface area contributed by atoms with E-state index in [1.807, 2.05) is 11.0 Å². The van der Waals surface area contributed by atoms with Gasteiger partial charge in [-0.1, -0.05) is 29.3 Å². The van der Waals surface area contributed by atoms with Crippen LogP contribution in [0.5, 0.6) is 0 Å². The fourth-order valence-corrected chi connectivity index (χ4v) is 3.70. The van der Waals surface area contributed by atoms with Gasteiger partial charge in [-0.05, 0) is 47.2 Å². The molecule has 0 spiro atoms. The Balaban J connectivity index is 1.70. The number of rotatable bonds is 2. The van der Waals surface area contributed by atoms with Crippen molar-refractivity contribution in [3.63, 3.8) is 0 Å². The Morgan fingerprint density at radius 3 is 2.95 bits per heavy atom. The smallest absolute Gasteiger partial charge is 0.246 e.